The quantitative estimate of drug-likeness (QED) is 0.574. The lowest BCUT2D eigenvalue weighted by atomic mass is 9.87. The number of carbonyl (C=O) groups is 2. The van der Waals surface area contributed by atoms with Gasteiger partial charge in [-0.1, -0.05) is 51.1 Å². The van der Waals surface area contributed by atoms with Gasteiger partial charge in [0.15, 0.2) is 11.5 Å². The molecule has 1 fully saturated rings. The molecule has 0 radical (unpaired) electrons. The van der Waals surface area contributed by atoms with E-state index in [-0.39, 0.29) is 23.1 Å². The van der Waals surface area contributed by atoms with Gasteiger partial charge in [0.2, 0.25) is 11.8 Å². The Hall–Kier alpha value is -3.28. The highest BCUT2D eigenvalue weighted by atomic mass is 16.5. The van der Waals surface area contributed by atoms with Crippen LogP contribution in [0.25, 0.3) is 6.08 Å². The van der Waals surface area contributed by atoms with Crippen LogP contribution < -0.4 is 15.2 Å². The third-order valence-electron chi connectivity index (χ3n) is 6.11. The fraction of sp³-hybridized carbons (Fsp3) is 0.429. The molecule has 1 aliphatic rings. The van der Waals surface area contributed by atoms with Crippen molar-refractivity contribution in [3.63, 3.8) is 0 Å². The summed E-state index contributed by atoms with van der Waals surface area (Å²) >= 11 is 0. The van der Waals surface area contributed by atoms with Gasteiger partial charge >= 0.3 is 0 Å². The molecule has 6 nitrogen and oxygen atoms in total. The normalized spacial score (nSPS) is 14.9. The van der Waals surface area contributed by atoms with Crippen LogP contribution in [0.3, 0.4) is 0 Å². The van der Waals surface area contributed by atoms with Crippen molar-refractivity contribution < 1.29 is 19.1 Å². The Morgan fingerprint density at radius 1 is 1.03 bits per heavy atom. The molecule has 1 aliphatic heterocycles. The fourth-order valence-electron chi connectivity index (χ4n) is 3.94. The lowest BCUT2D eigenvalue weighted by Gasteiger charge is -2.29. The van der Waals surface area contributed by atoms with Gasteiger partial charge in [-0.3, -0.25) is 9.59 Å². The Kier molecular flexibility index (Phi) is 8.37. The molecule has 0 atom stereocenters. The summed E-state index contributed by atoms with van der Waals surface area (Å²) in [4.78, 5) is 25.6. The molecule has 0 aromatic heterocycles. The van der Waals surface area contributed by atoms with E-state index >= 15 is 0 Å². The van der Waals surface area contributed by atoms with E-state index in [9.17, 15) is 9.59 Å². The Labute approximate surface area is 202 Å². The zero-order chi connectivity index (χ0) is 24.7. The van der Waals surface area contributed by atoms with E-state index in [1.54, 1.807) is 17.1 Å². The van der Waals surface area contributed by atoms with Gasteiger partial charge in [0.25, 0.3) is 0 Å². The Morgan fingerprint density at radius 2 is 1.71 bits per heavy atom. The van der Waals surface area contributed by atoms with Crippen LogP contribution in [0.2, 0.25) is 0 Å². The van der Waals surface area contributed by atoms with Crippen LogP contribution in [0.1, 0.15) is 57.2 Å². The number of nitrogens with zero attached hydrogens (tertiary/aromatic N) is 1. The van der Waals surface area contributed by atoms with E-state index in [0.29, 0.717) is 50.6 Å². The van der Waals surface area contributed by atoms with E-state index in [1.807, 2.05) is 25.1 Å². The van der Waals surface area contributed by atoms with E-state index in [1.165, 1.54) is 5.56 Å². The first-order valence-corrected chi connectivity index (χ1v) is 11.9. The van der Waals surface area contributed by atoms with Gasteiger partial charge < -0.3 is 20.1 Å². The Bertz CT molecular complexity index is 1010. The van der Waals surface area contributed by atoms with Gasteiger partial charge in [0, 0.05) is 25.1 Å². The van der Waals surface area contributed by atoms with Gasteiger partial charge in [-0.15, -0.1) is 0 Å². The van der Waals surface area contributed by atoms with E-state index in [0.717, 1.165) is 11.1 Å². The standard InChI is InChI=1S/C28H36N2O4/c1-5-33-25-18-20(9-13-26(31)30-16-14-22(15-17-30)27(29)32)8-12-24(25)34-19-21-6-10-23(11-7-21)28(2,3)4/h6-13,18,22H,5,14-17,19H2,1-4H3,(H2,29,32)/b13-9+. The largest absolute Gasteiger partial charge is 0.490 e. The Balaban J connectivity index is 1.62. The number of likely N-dealkylation sites (tertiary alicyclic amines) is 1. The molecule has 1 heterocycles. The number of carbonyl (C=O) groups excluding carboxylic acids is 2. The summed E-state index contributed by atoms with van der Waals surface area (Å²) in [5.74, 6) is 0.824. The van der Waals surface area contributed by atoms with Crippen LogP contribution in [-0.4, -0.2) is 36.4 Å². The van der Waals surface area contributed by atoms with Gasteiger partial charge in [-0.2, -0.15) is 0 Å². The minimum absolute atomic E-state index is 0.0695. The van der Waals surface area contributed by atoms with Crippen molar-refractivity contribution in [3.8, 4) is 11.5 Å². The molecular weight excluding hydrogens is 428 g/mol. The molecule has 0 bridgehead atoms. The number of amides is 2. The molecule has 2 amide bonds. The lowest BCUT2D eigenvalue weighted by molar-refractivity contribution is -0.130. The van der Waals surface area contributed by atoms with Crippen LogP contribution in [0.15, 0.2) is 48.5 Å². The first-order valence-electron chi connectivity index (χ1n) is 11.9. The predicted octanol–water partition coefficient (Wildman–Crippen LogP) is 4.70. The van der Waals surface area contributed by atoms with Crippen LogP contribution in [0.4, 0.5) is 0 Å². The summed E-state index contributed by atoms with van der Waals surface area (Å²) in [5, 5.41) is 0. The summed E-state index contributed by atoms with van der Waals surface area (Å²) in [5.41, 5.74) is 8.72. The first kappa shape index (κ1) is 25.3. The van der Waals surface area contributed by atoms with Gasteiger partial charge in [0.1, 0.15) is 6.61 Å². The second-order valence-electron chi connectivity index (χ2n) is 9.71. The molecule has 0 unspecified atom stereocenters. The van der Waals surface area contributed by atoms with Crippen LogP contribution in [0, 0.1) is 5.92 Å². The van der Waals surface area contributed by atoms with Crippen LogP contribution in [-0.2, 0) is 21.6 Å². The Morgan fingerprint density at radius 3 is 2.29 bits per heavy atom. The average Bonchev–Trinajstić information content (AvgIpc) is 2.82. The minimum Gasteiger partial charge on any atom is -0.490 e. The third kappa shape index (κ3) is 6.86. The predicted molar refractivity (Wildman–Crippen MR) is 135 cm³/mol. The number of nitrogens with two attached hydrogens (primary N) is 1. The second-order valence-corrected chi connectivity index (χ2v) is 9.71. The zero-order valence-corrected chi connectivity index (χ0v) is 20.7. The van der Waals surface area contributed by atoms with Crippen molar-refractivity contribution >= 4 is 17.9 Å². The molecule has 2 N–H and O–H groups in total. The summed E-state index contributed by atoms with van der Waals surface area (Å²) in [6, 6.07) is 14.1. The first-order chi connectivity index (χ1) is 16.2. The maximum atomic E-state index is 12.5. The summed E-state index contributed by atoms with van der Waals surface area (Å²) in [7, 11) is 0. The highest BCUT2D eigenvalue weighted by molar-refractivity contribution is 5.92. The molecule has 182 valence electrons. The van der Waals surface area contributed by atoms with Gasteiger partial charge in [-0.05, 0) is 60.1 Å². The molecule has 0 spiro atoms. The number of benzene rings is 2. The van der Waals surface area contributed by atoms with Crippen molar-refractivity contribution in [2.24, 2.45) is 11.7 Å². The van der Waals surface area contributed by atoms with Crippen molar-refractivity contribution in [2.45, 2.75) is 52.6 Å². The maximum absolute atomic E-state index is 12.5. The smallest absolute Gasteiger partial charge is 0.246 e. The monoisotopic (exact) mass is 464 g/mol. The number of rotatable bonds is 8. The van der Waals surface area contributed by atoms with Gasteiger partial charge in [0.05, 0.1) is 6.61 Å². The number of primary amides is 1. The number of hydrogen-bond donors (Lipinski definition) is 1. The molecule has 2 aromatic rings. The molecule has 34 heavy (non-hydrogen) atoms. The van der Waals surface area contributed by atoms with Crippen molar-refractivity contribution in [2.75, 3.05) is 19.7 Å². The fourth-order valence-corrected chi connectivity index (χ4v) is 3.94. The van der Waals surface area contributed by atoms with Crippen LogP contribution >= 0.6 is 0 Å². The average molecular weight is 465 g/mol. The summed E-state index contributed by atoms with van der Waals surface area (Å²) in [6.07, 6.45) is 4.58. The highest BCUT2D eigenvalue weighted by Gasteiger charge is 2.24. The number of hydrogen-bond acceptors (Lipinski definition) is 4. The SMILES string of the molecule is CCOc1cc(/C=C/C(=O)N2CCC(C(N)=O)CC2)ccc1OCc1ccc(C(C)(C)C)cc1. The molecule has 6 heteroatoms. The lowest BCUT2D eigenvalue weighted by Crippen LogP contribution is -2.41. The summed E-state index contributed by atoms with van der Waals surface area (Å²) < 4.78 is 11.8. The minimum atomic E-state index is -0.282. The molecule has 0 saturated carbocycles. The van der Waals surface area contributed by atoms with E-state index in [2.05, 4.69) is 45.0 Å². The van der Waals surface area contributed by atoms with Crippen molar-refractivity contribution in [3.05, 3.63) is 65.2 Å². The second kappa shape index (κ2) is 11.2. The molecule has 3 rings (SSSR count). The molecular formula is C28H36N2O4. The van der Waals surface area contributed by atoms with E-state index in [4.69, 9.17) is 15.2 Å². The molecule has 1 saturated heterocycles. The maximum Gasteiger partial charge on any atom is 0.246 e. The van der Waals surface area contributed by atoms with Gasteiger partial charge in [-0.25, -0.2) is 0 Å². The highest BCUT2D eigenvalue weighted by Crippen LogP contribution is 2.30. The summed E-state index contributed by atoms with van der Waals surface area (Å²) in [6.45, 7) is 10.6. The van der Waals surface area contributed by atoms with Crippen LogP contribution in [0.5, 0.6) is 11.5 Å². The zero-order valence-electron chi connectivity index (χ0n) is 20.7. The van der Waals surface area contributed by atoms with Crippen molar-refractivity contribution in [1.82, 2.24) is 4.90 Å². The number of piperidine rings is 1. The van der Waals surface area contributed by atoms with E-state index < -0.39 is 0 Å². The topological polar surface area (TPSA) is 81.9 Å². The molecule has 0 aliphatic carbocycles. The third-order valence-corrected chi connectivity index (χ3v) is 6.11. The van der Waals surface area contributed by atoms with Crippen molar-refractivity contribution in [1.29, 1.82) is 0 Å². The number of ether oxygens (including phenoxy) is 2. The molecule has 2 aromatic carbocycles.